The van der Waals surface area contributed by atoms with Crippen molar-refractivity contribution in [2.24, 2.45) is 5.73 Å². The Morgan fingerprint density at radius 2 is 1.76 bits per heavy atom. The molecule has 0 aliphatic rings. The second kappa shape index (κ2) is 10.9. The van der Waals surface area contributed by atoms with Gasteiger partial charge in [0.25, 0.3) is 17.7 Å². The molecule has 0 unspecified atom stereocenters. The molecule has 2 aromatic heterocycles. The molecule has 0 radical (unpaired) electrons. The fraction of sp³-hybridized carbons (Fsp3) is 0.185. The number of aromatic nitrogens is 1. The topological polar surface area (TPSA) is 145 Å². The van der Waals surface area contributed by atoms with Crippen LogP contribution in [0.4, 0.5) is 15.8 Å². The van der Waals surface area contributed by atoms with E-state index in [0.717, 1.165) is 22.7 Å². The Kier molecular flexibility index (Phi) is 7.58. The minimum Gasteiger partial charge on any atom is -0.464 e. The van der Waals surface area contributed by atoms with Crippen molar-refractivity contribution < 1.29 is 23.2 Å². The van der Waals surface area contributed by atoms with Gasteiger partial charge in [-0.15, -0.1) is 0 Å². The van der Waals surface area contributed by atoms with E-state index in [9.17, 15) is 18.8 Å². The number of carbonyl (C=O) groups is 3. The molecule has 38 heavy (non-hydrogen) atoms. The van der Waals surface area contributed by atoms with Gasteiger partial charge in [0.15, 0.2) is 11.7 Å². The molecular weight excluding hydrogens is 509 g/mol. The highest BCUT2D eigenvalue weighted by atomic mass is 32.1. The Hall–Kier alpha value is -4.51. The number of carbonyl (C=O) groups excluding carboxylic acids is 3. The Morgan fingerprint density at radius 3 is 2.34 bits per heavy atom. The van der Waals surface area contributed by atoms with Gasteiger partial charge in [-0.3, -0.25) is 19.3 Å². The van der Waals surface area contributed by atoms with Gasteiger partial charge in [-0.2, -0.15) is 4.37 Å². The highest BCUT2D eigenvalue weighted by Gasteiger charge is 2.38. The third kappa shape index (κ3) is 5.42. The smallest absolute Gasteiger partial charge is 0.273 e. The number of nitrogens with two attached hydrogens (primary N) is 2. The quantitative estimate of drug-likeness (QED) is 0.309. The summed E-state index contributed by atoms with van der Waals surface area (Å²) in [6.45, 7) is 5.61. The van der Waals surface area contributed by atoms with Crippen LogP contribution in [0.1, 0.15) is 54.4 Å². The minimum absolute atomic E-state index is 0.0448. The molecule has 1 atom stereocenters. The summed E-state index contributed by atoms with van der Waals surface area (Å²) in [5.74, 6) is -1.72. The van der Waals surface area contributed by atoms with Gasteiger partial charge in [-0.25, -0.2) is 4.39 Å². The largest absolute Gasteiger partial charge is 0.464 e. The molecule has 2 heterocycles. The molecule has 0 aliphatic heterocycles. The maximum atomic E-state index is 14.0. The molecule has 3 amide bonds. The summed E-state index contributed by atoms with van der Waals surface area (Å²) in [6.07, 6.45) is 0. The first-order valence-electron chi connectivity index (χ1n) is 11.6. The number of nitrogen functional groups attached to an aromatic ring is 1. The van der Waals surface area contributed by atoms with Crippen molar-refractivity contribution in [3.8, 4) is 0 Å². The summed E-state index contributed by atoms with van der Waals surface area (Å²) in [5.41, 5.74) is 14.0. The van der Waals surface area contributed by atoms with E-state index in [0.29, 0.717) is 17.0 Å². The number of hydrogen-bond acceptors (Lipinski definition) is 7. The normalized spacial score (nSPS) is 11.7. The first-order valence-corrected chi connectivity index (χ1v) is 12.4. The fourth-order valence-electron chi connectivity index (χ4n) is 3.86. The minimum atomic E-state index is -1.25. The number of nitrogens with one attached hydrogen (secondary N) is 1. The molecule has 0 fully saturated rings. The van der Waals surface area contributed by atoms with E-state index in [1.165, 1.54) is 17.0 Å². The molecule has 0 saturated heterocycles. The second-order valence-corrected chi connectivity index (χ2v) is 9.55. The van der Waals surface area contributed by atoms with Crippen LogP contribution in [0.5, 0.6) is 0 Å². The third-order valence-electron chi connectivity index (χ3n) is 6.06. The maximum absolute atomic E-state index is 14.0. The van der Waals surface area contributed by atoms with Gasteiger partial charge in [-0.05, 0) is 85.4 Å². The van der Waals surface area contributed by atoms with Crippen molar-refractivity contribution in [1.29, 1.82) is 0 Å². The van der Waals surface area contributed by atoms with Gasteiger partial charge in [0, 0.05) is 12.2 Å². The van der Waals surface area contributed by atoms with Gasteiger partial charge in [0.2, 0.25) is 0 Å². The summed E-state index contributed by atoms with van der Waals surface area (Å²) in [4.78, 5) is 40.7. The van der Waals surface area contributed by atoms with Crippen molar-refractivity contribution in [1.82, 2.24) is 9.69 Å². The molecule has 4 rings (SSSR count). The van der Waals surface area contributed by atoms with E-state index < -0.39 is 29.6 Å². The van der Waals surface area contributed by atoms with Gasteiger partial charge in [0.1, 0.15) is 22.2 Å². The number of nitrogens with zero attached hydrogens (tertiary/aromatic N) is 2. The zero-order valence-corrected chi connectivity index (χ0v) is 21.8. The van der Waals surface area contributed by atoms with E-state index in [-0.39, 0.29) is 28.6 Å². The molecule has 196 valence electrons. The standard InChI is InChI=1S/C27H26FN5O4S/c1-14-4-10-19(12-15(14)2)33(27(36)24-21(29)22(25(30)34)32-38-24)23(20-11-5-16(3)37-20)26(35)31-13-17-6-8-18(28)9-7-17/h4-12,23H,13,29H2,1-3H3,(H2,30,34)(H,31,35)/t23-/m1/s1. The lowest BCUT2D eigenvalue weighted by Crippen LogP contribution is -2.43. The number of aryl methyl sites for hydroxylation is 3. The molecular formula is C27H26FN5O4S. The lowest BCUT2D eigenvalue weighted by molar-refractivity contribution is -0.123. The first-order chi connectivity index (χ1) is 18.1. The lowest BCUT2D eigenvalue weighted by Gasteiger charge is -2.30. The Labute approximate surface area is 222 Å². The van der Waals surface area contributed by atoms with Gasteiger partial charge >= 0.3 is 0 Å². The number of furan rings is 1. The molecule has 0 bridgehead atoms. The second-order valence-electron chi connectivity index (χ2n) is 8.78. The number of rotatable bonds is 8. The predicted octanol–water partition coefficient (Wildman–Crippen LogP) is 4.19. The van der Waals surface area contributed by atoms with Crippen molar-refractivity contribution in [3.63, 3.8) is 0 Å². The number of benzene rings is 2. The van der Waals surface area contributed by atoms with Crippen molar-refractivity contribution in [2.75, 3.05) is 10.6 Å². The Balaban J connectivity index is 1.81. The Bertz CT molecular complexity index is 1510. The number of hydrogen-bond donors (Lipinski definition) is 3. The highest BCUT2D eigenvalue weighted by molar-refractivity contribution is 7.09. The fourth-order valence-corrected chi connectivity index (χ4v) is 4.60. The molecule has 4 aromatic rings. The van der Waals surface area contributed by atoms with E-state index in [4.69, 9.17) is 15.9 Å². The van der Waals surface area contributed by atoms with Crippen LogP contribution in [0.15, 0.2) is 59.0 Å². The van der Waals surface area contributed by atoms with Crippen LogP contribution < -0.4 is 21.7 Å². The van der Waals surface area contributed by atoms with Crippen LogP contribution >= 0.6 is 11.5 Å². The van der Waals surface area contributed by atoms with Crippen molar-refractivity contribution in [2.45, 2.75) is 33.4 Å². The lowest BCUT2D eigenvalue weighted by atomic mass is 10.1. The summed E-state index contributed by atoms with van der Waals surface area (Å²) in [6, 6.07) is 13.1. The molecule has 2 aromatic carbocycles. The molecule has 9 nitrogen and oxygen atoms in total. The summed E-state index contributed by atoms with van der Waals surface area (Å²) >= 11 is 0.719. The molecule has 0 aliphatic carbocycles. The molecule has 5 N–H and O–H groups in total. The first kappa shape index (κ1) is 26.6. The third-order valence-corrected chi connectivity index (χ3v) is 6.91. The summed E-state index contributed by atoms with van der Waals surface area (Å²) < 4.78 is 23.1. The van der Waals surface area contributed by atoms with Gasteiger partial charge in [-0.1, -0.05) is 18.2 Å². The van der Waals surface area contributed by atoms with Crippen molar-refractivity contribution in [3.05, 3.63) is 99.2 Å². The van der Waals surface area contributed by atoms with E-state index in [1.54, 1.807) is 43.3 Å². The van der Waals surface area contributed by atoms with Gasteiger partial charge < -0.3 is 21.2 Å². The van der Waals surface area contributed by atoms with Crippen LogP contribution in [-0.4, -0.2) is 22.1 Å². The van der Waals surface area contributed by atoms with Gasteiger partial charge in [0.05, 0.1) is 5.69 Å². The van der Waals surface area contributed by atoms with Crippen molar-refractivity contribution >= 4 is 40.6 Å². The highest BCUT2D eigenvalue weighted by Crippen LogP contribution is 2.34. The summed E-state index contributed by atoms with van der Waals surface area (Å²) in [7, 11) is 0. The average molecular weight is 536 g/mol. The monoisotopic (exact) mass is 535 g/mol. The zero-order chi connectivity index (χ0) is 27.6. The van der Waals surface area contributed by atoms with Crippen LogP contribution in [0.25, 0.3) is 0 Å². The van der Waals surface area contributed by atoms with Crippen LogP contribution in [0, 0.1) is 26.6 Å². The SMILES string of the molecule is Cc1ccc([C@H](C(=O)NCc2ccc(F)cc2)N(C(=O)c2snc(C(N)=O)c2N)c2ccc(C)c(C)c2)o1. The van der Waals surface area contributed by atoms with E-state index in [1.807, 2.05) is 19.9 Å². The number of anilines is 2. The number of primary amides is 1. The van der Waals surface area contributed by atoms with Crippen LogP contribution in [-0.2, 0) is 11.3 Å². The van der Waals surface area contributed by atoms with E-state index in [2.05, 4.69) is 9.69 Å². The number of halogens is 1. The maximum Gasteiger partial charge on any atom is 0.273 e. The summed E-state index contributed by atoms with van der Waals surface area (Å²) in [5, 5.41) is 2.81. The van der Waals surface area contributed by atoms with Crippen LogP contribution in [0.3, 0.4) is 0 Å². The molecule has 0 saturated carbocycles. The van der Waals surface area contributed by atoms with E-state index >= 15 is 0 Å². The van der Waals surface area contributed by atoms with Crippen LogP contribution in [0.2, 0.25) is 0 Å². The molecule has 11 heteroatoms. The zero-order valence-electron chi connectivity index (χ0n) is 20.9. The average Bonchev–Trinajstić information content (AvgIpc) is 3.48. The molecule has 0 spiro atoms. The predicted molar refractivity (Wildman–Crippen MR) is 142 cm³/mol. The number of amides is 3. The Morgan fingerprint density at radius 1 is 1.05 bits per heavy atom.